The number of rotatable bonds is 9. The first-order chi connectivity index (χ1) is 18.5. The third-order valence-corrected chi connectivity index (χ3v) is 7.83. The lowest BCUT2D eigenvalue weighted by Crippen LogP contribution is -2.43. The Labute approximate surface area is 225 Å². The number of carbonyl (C=O) groups is 1. The van der Waals surface area contributed by atoms with E-state index >= 15 is 0 Å². The molecule has 9 nitrogen and oxygen atoms in total. The van der Waals surface area contributed by atoms with Crippen LogP contribution in [0.15, 0.2) is 30.5 Å². The quantitative estimate of drug-likeness (QED) is 0.330. The van der Waals surface area contributed by atoms with Crippen molar-refractivity contribution >= 4 is 17.4 Å². The van der Waals surface area contributed by atoms with E-state index < -0.39 is 0 Å². The Kier molecular flexibility index (Phi) is 8.54. The molecule has 2 aliphatic rings. The van der Waals surface area contributed by atoms with E-state index in [1.165, 1.54) is 12.5 Å². The number of piperazine rings is 1. The number of hydrogen-bond donors (Lipinski definition) is 1. The number of nitrogens with zero attached hydrogens (tertiary/aromatic N) is 6. The van der Waals surface area contributed by atoms with Gasteiger partial charge in [-0.2, -0.15) is 0 Å². The summed E-state index contributed by atoms with van der Waals surface area (Å²) in [6.07, 6.45) is 7.63. The van der Waals surface area contributed by atoms with Gasteiger partial charge in [-0.05, 0) is 44.7 Å². The maximum atomic E-state index is 11.4. The number of aromatic nitrogens is 4. The van der Waals surface area contributed by atoms with Gasteiger partial charge in [0.25, 0.3) is 0 Å². The molecular formula is C29H41N7O2. The van der Waals surface area contributed by atoms with E-state index in [4.69, 9.17) is 14.8 Å². The molecule has 5 rings (SSSR count). The smallest absolute Gasteiger partial charge is 0.302 e. The summed E-state index contributed by atoms with van der Waals surface area (Å²) in [5, 5.41) is 8.23. The first-order valence-electron chi connectivity index (χ1n) is 14.2. The Morgan fingerprint density at radius 2 is 1.82 bits per heavy atom. The van der Waals surface area contributed by atoms with Gasteiger partial charge < -0.3 is 15.0 Å². The van der Waals surface area contributed by atoms with Crippen LogP contribution in [0.5, 0.6) is 0 Å². The first-order valence-corrected chi connectivity index (χ1v) is 14.2. The van der Waals surface area contributed by atoms with E-state index in [0.717, 1.165) is 100 Å². The van der Waals surface area contributed by atoms with Gasteiger partial charge in [0, 0.05) is 57.7 Å². The molecule has 1 saturated heterocycles. The number of likely N-dealkylation sites (N-methyl/N-ethyl adjacent to an activating group) is 1. The molecule has 0 radical (unpaired) electrons. The van der Waals surface area contributed by atoms with Crippen LogP contribution < -0.4 is 5.32 Å². The minimum atomic E-state index is -0.200. The Morgan fingerprint density at radius 1 is 1.08 bits per heavy atom. The van der Waals surface area contributed by atoms with Crippen molar-refractivity contribution in [1.82, 2.24) is 29.4 Å². The number of fused-ring (bicyclic) bond motifs is 1. The molecule has 1 aliphatic carbocycles. The highest BCUT2D eigenvalue weighted by Crippen LogP contribution is 2.36. The van der Waals surface area contributed by atoms with E-state index in [1.54, 1.807) is 0 Å². The molecule has 9 heteroatoms. The second-order valence-corrected chi connectivity index (χ2v) is 10.8. The van der Waals surface area contributed by atoms with E-state index in [1.807, 2.05) is 10.7 Å². The van der Waals surface area contributed by atoms with Gasteiger partial charge in [0.1, 0.15) is 17.4 Å². The molecule has 1 N–H and O–H groups in total. The van der Waals surface area contributed by atoms with Crippen LogP contribution in [0.2, 0.25) is 0 Å². The topological polar surface area (TPSA) is 87.9 Å². The number of imidazole rings is 1. The van der Waals surface area contributed by atoms with Crippen molar-refractivity contribution in [2.75, 3.05) is 45.1 Å². The molecule has 0 atom stereocenters. The lowest BCUT2D eigenvalue weighted by Gasteiger charge is -2.32. The molecule has 0 bridgehead atoms. The fourth-order valence-electron chi connectivity index (χ4n) is 5.55. The fraction of sp³-hybridized carbons (Fsp3) is 0.586. The van der Waals surface area contributed by atoms with Crippen molar-refractivity contribution in [1.29, 1.82) is 0 Å². The van der Waals surface area contributed by atoms with E-state index in [0.29, 0.717) is 5.95 Å². The molecule has 0 amide bonds. The predicted octanol–water partition coefficient (Wildman–Crippen LogP) is 4.34. The zero-order valence-electron chi connectivity index (χ0n) is 23.0. The van der Waals surface area contributed by atoms with Crippen molar-refractivity contribution < 1.29 is 9.53 Å². The number of ether oxygens (including phenoxy) is 1. The van der Waals surface area contributed by atoms with Gasteiger partial charge >= 0.3 is 5.97 Å². The molecular weight excluding hydrogens is 478 g/mol. The van der Waals surface area contributed by atoms with Gasteiger partial charge in [-0.3, -0.25) is 9.69 Å². The van der Waals surface area contributed by atoms with Gasteiger partial charge in [0.2, 0.25) is 5.95 Å². The summed E-state index contributed by atoms with van der Waals surface area (Å²) >= 11 is 0. The molecule has 1 aromatic carbocycles. The summed E-state index contributed by atoms with van der Waals surface area (Å²) in [5.74, 6) is 1.66. The standard InChI is InChI=1S/C29H41N7O2/c1-4-5-14-30-29-31-19-26-27(23-8-6-22(7-9-23)20-35-17-15-34(3)16-18-35)32-28(36(26)33-29)24-10-12-25(13-11-24)38-21(2)37/h6-9,19,24-25H,4-5,10-18,20H2,1-3H3,(H,30,33). The second kappa shape index (κ2) is 12.2. The molecule has 3 aromatic rings. The highest BCUT2D eigenvalue weighted by molar-refractivity contribution is 5.77. The molecule has 1 saturated carbocycles. The van der Waals surface area contributed by atoms with Crippen molar-refractivity contribution in [3.63, 3.8) is 0 Å². The normalized spacial score (nSPS) is 21.0. The Hall–Kier alpha value is -3.04. The highest BCUT2D eigenvalue weighted by atomic mass is 16.5. The third kappa shape index (κ3) is 6.32. The minimum absolute atomic E-state index is 0.00296. The maximum absolute atomic E-state index is 11.4. The SMILES string of the molecule is CCCCNc1ncc2c(-c3ccc(CN4CCN(C)CC4)cc3)nc(C3CCC(OC(C)=O)CC3)n2n1. The maximum Gasteiger partial charge on any atom is 0.302 e. The van der Waals surface area contributed by atoms with Crippen LogP contribution in [-0.2, 0) is 16.1 Å². The number of anilines is 1. The molecule has 2 aromatic heterocycles. The largest absolute Gasteiger partial charge is 0.463 e. The monoisotopic (exact) mass is 519 g/mol. The fourth-order valence-corrected chi connectivity index (χ4v) is 5.55. The molecule has 38 heavy (non-hydrogen) atoms. The number of benzene rings is 1. The lowest BCUT2D eigenvalue weighted by molar-refractivity contribution is -0.147. The highest BCUT2D eigenvalue weighted by Gasteiger charge is 2.29. The summed E-state index contributed by atoms with van der Waals surface area (Å²) < 4.78 is 7.47. The number of nitrogens with one attached hydrogen (secondary N) is 1. The zero-order valence-corrected chi connectivity index (χ0v) is 23.0. The van der Waals surface area contributed by atoms with E-state index in [2.05, 4.69) is 58.3 Å². The summed E-state index contributed by atoms with van der Waals surface area (Å²) in [7, 11) is 2.19. The van der Waals surface area contributed by atoms with E-state index in [-0.39, 0.29) is 18.0 Å². The average Bonchev–Trinajstić information content (AvgIpc) is 3.30. The Morgan fingerprint density at radius 3 is 2.50 bits per heavy atom. The molecule has 0 unspecified atom stereocenters. The van der Waals surface area contributed by atoms with Gasteiger partial charge in [-0.15, -0.1) is 5.10 Å². The van der Waals surface area contributed by atoms with Crippen molar-refractivity contribution in [3.05, 3.63) is 41.9 Å². The lowest BCUT2D eigenvalue weighted by atomic mass is 9.87. The summed E-state index contributed by atoms with van der Waals surface area (Å²) in [5.41, 5.74) is 4.26. The summed E-state index contributed by atoms with van der Waals surface area (Å²) in [6.45, 7) is 9.96. The van der Waals surface area contributed by atoms with E-state index in [9.17, 15) is 4.79 Å². The van der Waals surface area contributed by atoms with Crippen molar-refractivity contribution in [3.8, 4) is 11.3 Å². The summed E-state index contributed by atoms with van der Waals surface area (Å²) in [4.78, 5) is 26.1. The molecule has 1 aliphatic heterocycles. The van der Waals surface area contributed by atoms with Crippen molar-refractivity contribution in [2.45, 2.75) is 70.9 Å². The number of esters is 1. The van der Waals surface area contributed by atoms with Gasteiger partial charge in [-0.25, -0.2) is 14.5 Å². The van der Waals surface area contributed by atoms with Crippen LogP contribution in [0, 0.1) is 0 Å². The van der Waals surface area contributed by atoms with Gasteiger partial charge in [0.05, 0.1) is 11.9 Å². The number of carbonyl (C=O) groups excluding carboxylic acids is 1. The molecule has 0 spiro atoms. The first kappa shape index (κ1) is 26.6. The number of hydrogen-bond acceptors (Lipinski definition) is 8. The molecule has 3 heterocycles. The van der Waals surface area contributed by atoms with Crippen LogP contribution in [0.3, 0.4) is 0 Å². The minimum Gasteiger partial charge on any atom is -0.463 e. The third-order valence-electron chi connectivity index (χ3n) is 7.83. The van der Waals surface area contributed by atoms with Crippen molar-refractivity contribution in [2.24, 2.45) is 0 Å². The Balaban J connectivity index is 1.39. The van der Waals surface area contributed by atoms with Crippen LogP contribution in [0.25, 0.3) is 16.8 Å². The predicted molar refractivity (Wildman–Crippen MR) is 149 cm³/mol. The molecule has 2 fully saturated rings. The van der Waals surface area contributed by atoms with Gasteiger partial charge in [-0.1, -0.05) is 37.6 Å². The van der Waals surface area contributed by atoms with Crippen LogP contribution in [0.1, 0.15) is 69.7 Å². The summed E-state index contributed by atoms with van der Waals surface area (Å²) in [6, 6.07) is 8.82. The average molecular weight is 520 g/mol. The molecule has 204 valence electrons. The number of unbranched alkanes of at least 4 members (excludes halogenated alkanes) is 1. The van der Waals surface area contributed by atoms with Crippen LogP contribution in [-0.4, -0.2) is 81.2 Å². The van der Waals surface area contributed by atoms with Crippen LogP contribution in [0.4, 0.5) is 5.95 Å². The van der Waals surface area contributed by atoms with Crippen LogP contribution >= 0.6 is 0 Å². The van der Waals surface area contributed by atoms with Gasteiger partial charge in [0.15, 0.2) is 0 Å². The second-order valence-electron chi connectivity index (χ2n) is 10.8. The Bertz CT molecular complexity index is 1210. The zero-order chi connectivity index (χ0) is 26.5.